The molecule has 0 aliphatic carbocycles. The molecule has 1 N–H and O–H groups in total. The Balaban J connectivity index is 2.29. The van der Waals surface area contributed by atoms with Crippen molar-refractivity contribution in [3.63, 3.8) is 0 Å². The highest BCUT2D eigenvalue weighted by Crippen LogP contribution is 2.40. The molecule has 0 atom stereocenters. The van der Waals surface area contributed by atoms with Gasteiger partial charge in [-0.15, -0.1) is 0 Å². The third kappa shape index (κ3) is 2.54. The molecule has 3 aromatic carbocycles. The van der Waals surface area contributed by atoms with E-state index in [1.54, 1.807) is 0 Å². The van der Waals surface area contributed by atoms with Crippen LogP contribution in [0.4, 0.5) is 0 Å². The van der Waals surface area contributed by atoms with Crippen LogP contribution < -0.4 is 0 Å². The third-order valence-electron chi connectivity index (χ3n) is 3.77. The van der Waals surface area contributed by atoms with Gasteiger partial charge in [0.1, 0.15) is 5.60 Å². The van der Waals surface area contributed by atoms with Crippen molar-refractivity contribution in [3.8, 4) is 0 Å². The first kappa shape index (κ1) is 14.5. The molecule has 0 unspecified atom stereocenters. The van der Waals surface area contributed by atoms with Crippen molar-refractivity contribution < 1.29 is 9.84 Å². The summed E-state index contributed by atoms with van der Waals surface area (Å²) < 4.78 is 5.82. The summed E-state index contributed by atoms with van der Waals surface area (Å²) in [7, 11) is 0. The molecule has 0 saturated carbocycles. The SMILES string of the molecule is O[CH]OC(c1ccccc1)(c1ccccc1)c1ccccc1. The van der Waals surface area contributed by atoms with Crippen LogP contribution in [0.25, 0.3) is 0 Å². The molecule has 0 aliphatic heterocycles. The van der Waals surface area contributed by atoms with Crippen molar-refractivity contribution in [2.45, 2.75) is 5.60 Å². The predicted octanol–water partition coefficient (Wildman–Crippen LogP) is 4.49. The highest BCUT2D eigenvalue weighted by Gasteiger charge is 2.37. The van der Waals surface area contributed by atoms with Gasteiger partial charge in [0.15, 0.2) is 0 Å². The van der Waals surface area contributed by atoms with Crippen LogP contribution in [-0.4, -0.2) is 5.11 Å². The second-order valence-corrected chi connectivity index (χ2v) is 5.00. The number of benzene rings is 3. The van der Waals surface area contributed by atoms with Crippen molar-refractivity contribution in [1.82, 2.24) is 0 Å². The lowest BCUT2D eigenvalue weighted by molar-refractivity contribution is -0.0140. The van der Waals surface area contributed by atoms with Crippen molar-refractivity contribution in [1.29, 1.82) is 0 Å². The van der Waals surface area contributed by atoms with E-state index in [1.807, 2.05) is 91.0 Å². The van der Waals surface area contributed by atoms with E-state index in [0.29, 0.717) is 0 Å². The van der Waals surface area contributed by atoms with Gasteiger partial charge in [0.05, 0.1) is 0 Å². The molecular formula is C20H17O2. The molecule has 0 fully saturated rings. The monoisotopic (exact) mass is 289 g/mol. The molecular weight excluding hydrogens is 272 g/mol. The summed E-state index contributed by atoms with van der Waals surface area (Å²) >= 11 is 0. The number of aliphatic hydroxyl groups is 1. The second-order valence-electron chi connectivity index (χ2n) is 5.00. The zero-order chi connectivity index (χ0) is 15.3. The maximum Gasteiger partial charge on any atom is 0.208 e. The average molecular weight is 289 g/mol. The van der Waals surface area contributed by atoms with Crippen LogP contribution in [0.15, 0.2) is 91.0 Å². The van der Waals surface area contributed by atoms with Gasteiger partial charge in [-0.3, -0.25) is 0 Å². The standard InChI is InChI=1S/C20H17O2/c21-16-22-20(17-10-4-1-5-11-17,18-12-6-2-7-13-18)19-14-8-3-9-15-19/h1-16,21H. The van der Waals surface area contributed by atoms with Gasteiger partial charge < -0.3 is 9.84 Å². The van der Waals surface area contributed by atoms with Crippen molar-refractivity contribution in [2.24, 2.45) is 0 Å². The minimum Gasteiger partial charge on any atom is -0.364 e. The summed E-state index contributed by atoms with van der Waals surface area (Å²) in [5, 5.41) is 9.44. The van der Waals surface area contributed by atoms with Crippen molar-refractivity contribution >= 4 is 0 Å². The van der Waals surface area contributed by atoms with E-state index in [9.17, 15) is 5.11 Å². The molecule has 3 rings (SSSR count). The highest BCUT2D eigenvalue weighted by molar-refractivity contribution is 5.47. The first-order chi connectivity index (χ1) is 10.9. The molecule has 0 amide bonds. The van der Waals surface area contributed by atoms with Crippen molar-refractivity contribution in [2.75, 3.05) is 0 Å². The lowest BCUT2D eigenvalue weighted by atomic mass is 9.80. The molecule has 0 bridgehead atoms. The summed E-state index contributed by atoms with van der Waals surface area (Å²) in [5.74, 6) is 0. The Hall–Kier alpha value is -2.42. The lowest BCUT2D eigenvalue weighted by Gasteiger charge is -2.34. The molecule has 1 radical (unpaired) electrons. The first-order valence-corrected chi connectivity index (χ1v) is 7.18. The van der Waals surface area contributed by atoms with Crippen LogP contribution in [0.2, 0.25) is 0 Å². The van der Waals surface area contributed by atoms with Crippen LogP contribution in [0.1, 0.15) is 16.7 Å². The minimum absolute atomic E-state index is 0.771. The highest BCUT2D eigenvalue weighted by atomic mass is 16.6. The number of ether oxygens (including phenoxy) is 1. The molecule has 2 heteroatoms. The van der Waals surface area contributed by atoms with Crippen molar-refractivity contribution in [3.05, 3.63) is 114 Å². The Morgan fingerprint density at radius 1 is 0.591 bits per heavy atom. The summed E-state index contributed by atoms with van der Waals surface area (Å²) in [4.78, 5) is 0. The maximum absolute atomic E-state index is 9.44. The average Bonchev–Trinajstić information content (AvgIpc) is 2.62. The molecule has 109 valence electrons. The second kappa shape index (κ2) is 6.56. The third-order valence-corrected chi connectivity index (χ3v) is 3.77. The Morgan fingerprint density at radius 3 is 1.18 bits per heavy atom. The fraction of sp³-hybridized carbons (Fsp3) is 0.0500. The minimum atomic E-state index is -0.876. The van der Waals surface area contributed by atoms with Gasteiger partial charge in [-0.25, -0.2) is 0 Å². The molecule has 22 heavy (non-hydrogen) atoms. The maximum atomic E-state index is 9.44. The van der Waals surface area contributed by atoms with Crippen LogP contribution >= 0.6 is 0 Å². The first-order valence-electron chi connectivity index (χ1n) is 7.18. The predicted molar refractivity (Wildman–Crippen MR) is 86.5 cm³/mol. The fourth-order valence-corrected chi connectivity index (χ4v) is 2.80. The normalized spacial score (nSPS) is 11.3. The van der Waals surface area contributed by atoms with E-state index in [1.165, 1.54) is 0 Å². The largest absolute Gasteiger partial charge is 0.364 e. The quantitative estimate of drug-likeness (QED) is 0.701. The number of hydrogen-bond donors (Lipinski definition) is 1. The zero-order valence-corrected chi connectivity index (χ0v) is 12.1. The van der Waals surface area contributed by atoms with Crippen LogP contribution in [0.3, 0.4) is 0 Å². The van der Waals surface area contributed by atoms with Gasteiger partial charge in [0.2, 0.25) is 6.79 Å². The smallest absolute Gasteiger partial charge is 0.208 e. The number of hydrogen-bond acceptors (Lipinski definition) is 2. The van der Waals surface area contributed by atoms with E-state index >= 15 is 0 Å². The van der Waals surface area contributed by atoms with Crippen LogP contribution in [0, 0.1) is 6.79 Å². The molecule has 0 spiro atoms. The number of aliphatic hydroxyl groups excluding tert-OH is 1. The molecule has 0 saturated heterocycles. The Morgan fingerprint density at radius 2 is 0.909 bits per heavy atom. The van der Waals surface area contributed by atoms with E-state index in [0.717, 1.165) is 23.5 Å². The topological polar surface area (TPSA) is 29.5 Å². The van der Waals surface area contributed by atoms with E-state index in [-0.39, 0.29) is 0 Å². The van der Waals surface area contributed by atoms with Gasteiger partial charge in [0, 0.05) is 0 Å². The van der Waals surface area contributed by atoms with Gasteiger partial charge in [-0.05, 0) is 16.7 Å². The zero-order valence-electron chi connectivity index (χ0n) is 12.1. The molecule has 0 aliphatic rings. The van der Waals surface area contributed by atoms with E-state index in [2.05, 4.69) is 0 Å². The van der Waals surface area contributed by atoms with Gasteiger partial charge in [0.25, 0.3) is 0 Å². The summed E-state index contributed by atoms with van der Waals surface area (Å²) in [5.41, 5.74) is 1.99. The molecule has 0 heterocycles. The van der Waals surface area contributed by atoms with E-state index < -0.39 is 5.60 Å². The van der Waals surface area contributed by atoms with Crippen LogP contribution in [-0.2, 0) is 10.3 Å². The fourth-order valence-electron chi connectivity index (χ4n) is 2.80. The Labute approximate surface area is 130 Å². The summed E-state index contributed by atoms with van der Waals surface area (Å²) in [6.45, 7) is 0.771. The molecule has 2 nitrogen and oxygen atoms in total. The van der Waals surface area contributed by atoms with Gasteiger partial charge in [-0.1, -0.05) is 91.0 Å². The Kier molecular flexibility index (Phi) is 4.33. The molecule has 0 aromatic heterocycles. The summed E-state index contributed by atoms with van der Waals surface area (Å²) in [6, 6.07) is 29.7. The summed E-state index contributed by atoms with van der Waals surface area (Å²) in [6.07, 6.45) is 0. The van der Waals surface area contributed by atoms with E-state index in [4.69, 9.17) is 4.74 Å². The molecule has 3 aromatic rings. The van der Waals surface area contributed by atoms with Gasteiger partial charge >= 0.3 is 0 Å². The Bertz CT molecular complexity index is 597. The van der Waals surface area contributed by atoms with Gasteiger partial charge in [-0.2, -0.15) is 0 Å². The number of rotatable bonds is 5. The van der Waals surface area contributed by atoms with Crippen LogP contribution in [0.5, 0.6) is 0 Å². The lowest BCUT2D eigenvalue weighted by Crippen LogP contribution is -2.32.